The number of ether oxygens (including phenoxy) is 1. The molecule has 1 N–H and O–H groups in total. The van der Waals surface area contributed by atoms with Crippen LogP contribution in [0.1, 0.15) is 64.1 Å². The molecular formula is C16H27N3O. The molecule has 4 nitrogen and oxygen atoms in total. The summed E-state index contributed by atoms with van der Waals surface area (Å²) in [6.07, 6.45) is 11.0. The van der Waals surface area contributed by atoms with Crippen LogP contribution in [0, 0.1) is 5.41 Å². The molecule has 0 aliphatic heterocycles. The van der Waals surface area contributed by atoms with Crippen molar-refractivity contribution in [1.29, 1.82) is 0 Å². The summed E-state index contributed by atoms with van der Waals surface area (Å²) >= 11 is 0. The van der Waals surface area contributed by atoms with E-state index in [-0.39, 0.29) is 6.04 Å². The van der Waals surface area contributed by atoms with Gasteiger partial charge >= 0.3 is 0 Å². The van der Waals surface area contributed by atoms with E-state index in [1.54, 1.807) is 19.5 Å². The highest BCUT2D eigenvalue weighted by molar-refractivity contribution is 5.24. The molecule has 1 aliphatic rings. The van der Waals surface area contributed by atoms with Gasteiger partial charge in [-0.3, -0.25) is 4.98 Å². The number of nitrogens with one attached hydrogen (secondary N) is 1. The molecule has 1 heterocycles. The number of hydrogen-bond donors (Lipinski definition) is 1. The smallest absolute Gasteiger partial charge is 0.237 e. The van der Waals surface area contributed by atoms with Crippen LogP contribution in [0.15, 0.2) is 12.4 Å². The van der Waals surface area contributed by atoms with E-state index in [1.165, 1.54) is 32.1 Å². The van der Waals surface area contributed by atoms with E-state index in [4.69, 9.17) is 4.74 Å². The molecule has 0 radical (unpaired) electrons. The Morgan fingerprint density at radius 3 is 2.55 bits per heavy atom. The molecule has 112 valence electrons. The second-order valence-corrected chi connectivity index (χ2v) is 5.76. The zero-order valence-corrected chi connectivity index (χ0v) is 13.0. The molecule has 0 bridgehead atoms. The van der Waals surface area contributed by atoms with Gasteiger partial charge in [-0.15, -0.1) is 0 Å². The molecule has 1 atom stereocenters. The molecule has 1 saturated carbocycles. The predicted molar refractivity (Wildman–Crippen MR) is 80.8 cm³/mol. The summed E-state index contributed by atoms with van der Waals surface area (Å²) in [7, 11) is 1.68. The molecule has 0 spiro atoms. The average Bonchev–Trinajstić information content (AvgIpc) is 2.98. The highest BCUT2D eigenvalue weighted by Crippen LogP contribution is 2.50. The lowest BCUT2D eigenvalue weighted by Gasteiger charge is -2.37. The van der Waals surface area contributed by atoms with Gasteiger partial charge in [0.15, 0.2) is 0 Å². The topological polar surface area (TPSA) is 47.0 Å². The molecule has 1 aromatic rings. The minimum Gasteiger partial charge on any atom is -0.480 e. The van der Waals surface area contributed by atoms with Crippen LogP contribution in [0.25, 0.3) is 0 Å². The van der Waals surface area contributed by atoms with Gasteiger partial charge in [-0.1, -0.05) is 26.7 Å². The second kappa shape index (κ2) is 7.02. The molecule has 0 amide bonds. The summed E-state index contributed by atoms with van der Waals surface area (Å²) in [5.41, 5.74) is 1.28. The fraction of sp³-hybridized carbons (Fsp3) is 0.750. The Morgan fingerprint density at radius 1 is 1.25 bits per heavy atom. The molecule has 1 aliphatic carbocycles. The monoisotopic (exact) mass is 277 g/mol. The zero-order chi connectivity index (χ0) is 14.4. The maximum Gasteiger partial charge on any atom is 0.237 e. The molecule has 1 unspecified atom stereocenters. The average molecular weight is 277 g/mol. The Hall–Kier alpha value is -1.16. The van der Waals surface area contributed by atoms with E-state index in [0.717, 1.165) is 18.7 Å². The first-order chi connectivity index (χ1) is 9.77. The maximum atomic E-state index is 5.44. The molecular weight excluding hydrogens is 250 g/mol. The van der Waals surface area contributed by atoms with Crippen molar-refractivity contribution in [3.05, 3.63) is 18.1 Å². The molecule has 0 saturated heterocycles. The first kappa shape index (κ1) is 15.2. The van der Waals surface area contributed by atoms with Crippen LogP contribution in [-0.4, -0.2) is 23.6 Å². The van der Waals surface area contributed by atoms with Gasteiger partial charge in [0.05, 0.1) is 13.2 Å². The molecule has 20 heavy (non-hydrogen) atoms. The van der Waals surface area contributed by atoms with Crippen LogP contribution in [0.4, 0.5) is 0 Å². The Labute approximate surface area is 122 Å². The Morgan fingerprint density at radius 2 is 1.95 bits per heavy atom. The first-order valence-electron chi connectivity index (χ1n) is 7.85. The van der Waals surface area contributed by atoms with E-state index >= 15 is 0 Å². The Bertz CT molecular complexity index is 416. The number of aromatic nitrogens is 2. The van der Waals surface area contributed by atoms with Crippen LogP contribution in [-0.2, 0) is 0 Å². The minimum atomic E-state index is 0.249. The lowest BCUT2D eigenvalue weighted by Crippen LogP contribution is -2.37. The number of methoxy groups -OCH3 is 1. The van der Waals surface area contributed by atoms with E-state index in [0.29, 0.717) is 11.3 Å². The standard InChI is InChI=1S/C16H27N3O/c1-4-10-18-14(16(5-2)8-6-7-9-16)13-15(20-3)19-12-11-17-13/h11-12,14,18H,4-10H2,1-3H3. The molecule has 4 heteroatoms. The van der Waals surface area contributed by atoms with E-state index in [9.17, 15) is 0 Å². The van der Waals surface area contributed by atoms with Crippen molar-refractivity contribution in [2.24, 2.45) is 5.41 Å². The van der Waals surface area contributed by atoms with E-state index in [2.05, 4.69) is 29.1 Å². The van der Waals surface area contributed by atoms with Gasteiger partial charge in [0.25, 0.3) is 0 Å². The lowest BCUT2D eigenvalue weighted by atomic mass is 9.74. The van der Waals surface area contributed by atoms with Gasteiger partial charge in [0.2, 0.25) is 5.88 Å². The normalized spacial score (nSPS) is 18.9. The van der Waals surface area contributed by atoms with Crippen molar-refractivity contribution in [2.75, 3.05) is 13.7 Å². The van der Waals surface area contributed by atoms with Crippen molar-refractivity contribution in [2.45, 2.75) is 58.4 Å². The van der Waals surface area contributed by atoms with Crippen LogP contribution in [0.3, 0.4) is 0 Å². The SMILES string of the molecule is CCCNC(c1nccnc1OC)C1(CC)CCCC1. The predicted octanol–water partition coefficient (Wildman–Crippen LogP) is 3.50. The summed E-state index contributed by atoms with van der Waals surface area (Å²) in [4.78, 5) is 8.93. The van der Waals surface area contributed by atoms with E-state index in [1.807, 2.05) is 0 Å². The van der Waals surface area contributed by atoms with Gasteiger partial charge in [0.1, 0.15) is 5.69 Å². The summed E-state index contributed by atoms with van der Waals surface area (Å²) < 4.78 is 5.44. The largest absolute Gasteiger partial charge is 0.480 e. The third-order valence-electron chi connectivity index (χ3n) is 4.67. The minimum absolute atomic E-state index is 0.249. The van der Waals surface area contributed by atoms with Crippen LogP contribution < -0.4 is 10.1 Å². The van der Waals surface area contributed by atoms with Crippen molar-refractivity contribution in [3.8, 4) is 5.88 Å². The molecule has 2 rings (SSSR count). The summed E-state index contributed by atoms with van der Waals surface area (Å²) in [6.45, 7) is 5.51. The quantitative estimate of drug-likeness (QED) is 0.828. The van der Waals surface area contributed by atoms with E-state index < -0.39 is 0 Å². The highest BCUT2D eigenvalue weighted by Gasteiger charge is 2.42. The van der Waals surface area contributed by atoms with Gasteiger partial charge in [0, 0.05) is 12.4 Å². The lowest BCUT2D eigenvalue weighted by molar-refractivity contribution is 0.178. The summed E-state index contributed by atoms with van der Waals surface area (Å²) in [6, 6.07) is 0.249. The van der Waals surface area contributed by atoms with Crippen LogP contribution >= 0.6 is 0 Å². The Balaban J connectivity index is 2.35. The summed E-state index contributed by atoms with van der Waals surface area (Å²) in [5.74, 6) is 0.667. The molecule has 0 aromatic carbocycles. The number of rotatable bonds is 7. The molecule has 1 fully saturated rings. The van der Waals surface area contributed by atoms with Crippen molar-refractivity contribution >= 4 is 0 Å². The zero-order valence-electron chi connectivity index (χ0n) is 13.0. The fourth-order valence-corrected chi connectivity index (χ4v) is 3.51. The molecule has 1 aromatic heterocycles. The Kier molecular flexibility index (Phi) is 5.35. The van der Waals surface area contributed by atoms with Crippen molar-refractivity contribution < 1.29 is 4.74 Å². The van der Waals surface area contributed by atoms with Gasteiger partial charge in [-0.25, -0.2) is 4.98 Å². The van der Waals surface area contributed by atoms with Crippen molar-refractivity contribution in [1.82, 2.24) is 15.3 Å². The maximum absolute atomic E-state index is 5.44. The first-order valence-corrected chi connectivity index (χ1v) is 7.85. The third kappa shape index (κ3) is 2.95. The van der Waals surface area contributed by atoms with Crippen LogP contribution in [0.2, 0.25) is 0 Å². The second-order valence-electron chi connectivity index (χ2n) is 5.76. The van der Waals surface area contributed by atoms with Gasteiger partial charge < -0.3 is 10.1 Å². The third-order valence-corrected chi connectivity index (χ3v) is 4.67. The highest BCUT2D eigenvalue weighted by atomic mass is 16.5. The number of nitrogens with zero attached hydrogens (tertiary/aromatic N) is 2. The van der Waals surface area contributed by atoms with Crippen LogP contribution in [0.5, 0.6) is 5.88 Å². The van der Waals surface area contributed by atoms with Gasteiger partial charge in [-0.05, 0) is 37.6 Å². The fourth-order valence-electron chi connectivity index (χ4n) is 3.51. The van der Waals surface area contributed by atoms with Crippen molar-refractivity contribution in [3.63, 3.8) is 0 Å². The summed E-state index contributed by atoms with van der Waals surface area (Å²) in [5, 5.41) is 3.71. The number of hydrogen-bond acceptors (Lipinski definition) is 4. The van der Waals surface area contributed by atoms with Gasteiger partial charge in [-0.2, -0.15) is 0 Å².